The number of ether oxygens (including phenoxy) is 1. The second-order valence-electron chi connectivity index (χ2n) is 9.44. The van der Waals surface area contributed by atoms with Crippen LogP contribution in [0.2, 0.25) is 0 Å². The maximum absolute atomic E-state index is 14.5. The van der Waals surface area contributed by atoms with E-state index in [0.29, 0.717) is 24.2 Å². The largest absolute Gasteiger partial charge is 0.487 e. The van der Waals surface area contributed by atoms with Gasteiger partial charge in [-0.05, 0) is 49.4 Å². The van der Waals surface area contributed by atoms with Gasteiger partial charge in [-0.15, -0.1) is 0 Å². The first-order chi connectivity index (χ1) is 17.2. The number of hydrogen-bond donors (Lipinski definition) is 1. The van der Waals surface area contributed by atoms with Crippen LogP contribution in [0.1, 0.15) is 19.4 Å². The molecule has 3 aromatic rings. The van der Waals surface area contributed by atoms with Gasteiger partial charge in [-0.1, -0.05) is 37.3 Å². The third-order valence-corrected chi connectivity index (χ3v) is 8.54. The van der Waals surface area contributed by atoms with Crippen LogP contribution >= 0.6 is 0 Å². The molecule has 7 nitrogen and oxygen atoms in total. The van der Waals surface area contributed by atoms with Gasteiger partial charge in [-0.25, -0.2) is 12.8 Å². The van der Waals surface area contributed by atoms with Crippen LogP contribution in [0, 0.1) is 11.7 Å². The summed E-state index contributed by atoms with van der Waals surface area (Å²) in [5.41, 5.74) is 1.94. The number of likely N-dealkylation sites (N-methyl/N-ethyl adjacent to an activating group) is 1. The second kappa shape index (κ2) is 11.0. The highest BCUT2D eigenvalue weighted by atomic mass is 32.2. The van der Waals surface area contributed by atoms with Crippen molar-refractivity contribution >= 4 is 10.0 Å². The van der Waals surface area contributed by atoms with Crippen LogP contribution in [0.15, 0.2) is 71.9 Å². The molecule has 0 fully saturated rings. The molecule has 0 spiro atoms. The molecule has 2 heterocycles. The van der Waals surface area contributed by atoms with Crippen molar-refractivity contribution in [3.63, 3.8) is 0 Å². The topological polar surface area (TPSA) is 83.0 Å². The minimum atomic E-state index is -3.96. The molecule has 4 rings (SSSR count). The molecule has 36 heavy (non-hydrogen) atoms. The Morgan fingerprint density at radius 3 is 2.69 bits per heavy atom. The van der Waals surface area contributed by atoms with E-state index in [-0.39, 0.29) is 35.8 Å². The fraction of sp³-hybridized carbons (Fsp3) is 0.370. The SMILES string of the molecule is C[C@H]1CN([C@@H](C)CO)S(=O)(=O)c2ccc(-c3ccccc3F)cc2O[C@@H]1CN(C)Cc1cccnc1. The zero-order valence-electron chi connectivity index (χ0n) is 20.7. The maximum atomic E-state index is 14.5. The number of pyridine rings is 1. The van der Waals surface area contributed by atoms with Crippen LogP contribution in [0.4, 0.5) is 4.39 Å². The fourth-order valence-electron chi connectivity index (χ4n) is 4.48. The number of sulfonamides is 1. The summed E-state index contributed by atoms with van der Waals surface area (Å²) in [6.07, 6.45) is 3.18. The Morgan fingerprint density at radius 2 is 2.00 bits per heavy atom. The molecule has 0 bridgehead atoms. The molecule has 1 aliphatic heterocycles. The highest BCUT2D eigenvalue weighted by Gasteiger charge is 2.38. The van der Waals surface area contributed by atoms with Gasteiger partial charge in [0.2, 0.25) is 10.0 Å². The van der Waals surface area contributed by atoms with Crippen molar-refractivity contribution in [2.45, 2.75) is 37.4 Å². The first-order valence-corrected chi connectivity index (χ1v) is 13.4. The lowest BCUT2D eigenvalue weighted by molar-refractivity contribution is 0.0734. The normalized spacial score (nSPS) is 20.7. The summed E-state index contributed by atoms with van der Waals surface area (Å²) in [6.45, 7) is 4.70. The molecule has 1 N–H and O–H groups in total. The fourth-order valence-corrected chi connectivity index (χ4v) is 6.31. The molecule has 1 aromatic heterocycles. The standard InChI is InChI=1S/C27H32FN3O4S/c1-19-15-31(20(2)18-32)36(33,34)27-11-10-22(23-8-4-5-9-24(23)28)13-25(27)35-26(19)17-30(3)16-21-7-6-12-29-14-21/h4-14,19-20,26,32H,15-18H2,1-3H3/t19-,20-,26+/m0/s1. The highest BCUT2D eigenvalue weighted by Crippen LogP contribution is 2.37. The lowest BCUT2D eigenvalue weighted by atomic mass is 10.0. The quantitative estimate of drug-likeness (QED) is 0.518. The Morgan fingerprint density at radius 1 is 1.22 bits per heavy atom. The average Bonchev–Trinajstić information content (AvgIpc) is 2.86. The van der Waals surface area contributed by atoms with Crippen molar-refractivity contribution in [1.29, 1.82) is 0 Å². The van der Waals surface area contributed by atoms with Gasteiger partial charge in [-0.2, -0.15) is 4.31 Å². The molecule has 9 heteroatoms. The molecule has 1 aliphatic rings. The number of benzene rings is 2. The Labute approximate surface area is 212 Å². The van der Waals surface area contributed by atoms with Crippen LogP contribution in [-0.4, -0.2) is 66.6 Å². The number of rotatable bonds is 7. The van der Waals surface area contributed by atoms with E-state index < -0.39 is 21.9 Å². The Hall–Kier alpha value is -2.85. The number of halogens is 1. The number of nitrogens with zero attached hydrogens (tertiary/aromatic N) is 3. The third-order valence-electron chi connectivity index (χ3n) is 6.52. The average molecular weight is 514 g/mol. The van der Waals surface area contributed by atoms with Gasteiger partial charge >= 0.3 is 0 Å². The Bertz CT molecular complexity index is 1290. The van der Waals surface area contributed by atoms with E-state index in [1.54, 1.807) is 43.5 Å². The van der Waals surface area contributed by atoms with Crippen molar-refractivity contribution < 1.29 is 22.7 Å². The second-order valence-corrected chi connectivity index (χ2v) is 11.3. The van der Waals surface area contributed by atoms with Gasteiger partial charge in [0.25, 0.3) is 0 Å². The van der Waals surface area contributed by atoms with E-state index in [0.717, 1.165) is 5.56 Å². The molecule has 2 aromatic carbocycles. The molecule has 0 unspecified atom stereocenters. The van der Waals surface area contributed by atoms with Crippen molar-refractivity contribution in [1.82, 2.24) is 14.2 Å². The van der Waals surface area contributed by atoms with Crippen LogP contribution < -0.4 is 4.74 Å². The van der Waals surface area contributed by atoms with E-state index >= 15 is 0 Å². The highest BCUT2D eigenvalue weighted by molar-refractivity contribution is 7.89. The van der Waals surface area contributed by atoms with Crippen molar-refractivity contribution in [3.05, 3.63) is 78.4 Å². The smallest absolute Gasteiger partial charge is 0.247 e. The zero-order chi connectivity index (χ0) is 25.9. The Kier molecular flexibility index (Phi) is 8.04. The predicted molar refractivity (Wildman–Crippen MR) is 136 cm³/mol. The molecule has 0 saturated carbocycles. The minimum absolute atomic E-state index is 0.00898. The van der Waals surface area contributed by atoms with E-state index in [4.69, 9.17) is 4.74 Å². The van der Waals surface area contributed by atoms with Gasteiger partial charge in [0.1, 0.15) is 22.6 Å². The van der Waals surface area contributed by atoms with E-state index in [1.807, 2.05) is 32.3 Å². The number of aliphatic hydroxyl groups excluding tert-OH is 1. The number of hydrogen-bond acceptors (Lipinski definition) is 6. The lowest BCUT2D eigenvalue weighted by Crippen LogP contribution is -2.49. The molecule has 0 aliphatic carbocycles. The molecule has 0 radical (unpaired) electrons. The number of fused-ring (bicyclic) bond motifs is 1. The van der Waals surface area contributed by atoms with E-state index in [9.17, 15) is 17.9 Å². The van der Waals surface area contributed by atoms with Crippen molar-refractivity contribution in [2.24, 2.45) is 5.92 Å². The van der Waals surface area contributed by atoms with E-state index in [2.05, 4.69) is 9.88 Å². The summed E-state index contributed by atoms with van der Waals surface area (Å²) < 4.78 is 49.6. The first-order valence-electron chi connectivity index (χ1n) is 12.0. The van der Waals surface area contributed by atoms with Gasteiger partial charge in [0.15, 0.2) is 0 Å². The van der Waals surface area contributed by atoms with Crippen molar-refractivity contribution in [3.8, 4) is 16.9 Å². The third kappa shape index (κ3) is 5.59. The summed E-state index contributed by atoms with van der Waals surface area (Å²) in [5, 5.41) is 9.82. The molecule has 3 atom stereocenters. The summed E-state index contributed by atoms with van der Waals surface area (Å²) in [4.78, 5) is 6.29. The van der Waals surface area contributed by atoms with Gasteiger partial charge in [0, 0.05) is 49.6 Å². The van der Waals surface area contributed by atoms with Gasteiger partial charge in [-0.3, -0.25) is 9.88 Å². The summed E-state index contributed by atoms with van der Waals surface area (Å²) in [5.74, 6) is -0.407. The monoisotopic (exact) mass is 513 g/mol. The van der Waals surface area contributed by atoms with Crippen LogP contribution in [0.25, 0.3) is 11.1 Å². The zero-order valence-corrected chi connectivity index (χ0v) is 21.5. The van der Waals surface area contributed by atoms with Crippen LogP contribution in [0.3, 0.4) is 0 Å². The molecule has 0 saturated heterocycles. The Balaban J connectivity index is 1.74. The van der Waals surface area contributed by atoms with E-state index in [1.165, 1.54) is 16.4 Å². The molecule has 0 amide bonds. The lowest BCUT2D eigenvalue weighted by Gasteiger charge is -2.37. The summed E-state index contributed by atoms with van der Waals surface area (Å²) >= 11 is 0. The van der Waals surface area contributed by atoms with Gasteiger partial charge < -0.3 is 9.84 Å². The molecular weight excluding hydrogens is 481 g/mol. The predicted octanol–water partition coefficient (Wildman–Crippen LogP) is 3.79. The minimum Gasteiger partial charge on any atom is -0.487 e. The molecular formula is C27H32FN3O4S. The van der Waals surface area contributed by atoms with Crippen LogP contribution in [0.5, 0.6) is 5.75 Å². The molecule has 192 valence electrons. The number of aromatic nitrogens is 1. The summed E-state index contributed by atoms with van der Waals surface area (Å²) in [7, 11) is -1.99. The van der Waals surface area contributed by atoms with Crippen molar-refractivity contribution in [2.75, 3.05) is 26.7 Å². The number of aliphatic hydroxyl groups is 1. The maximum Gasteiger partial charge on any atom is 0.247 e. The summed E-state index contributed by atoms with van der Waals surface area (Å²) in [6, 6.07) is 14.3. The van der Waals surface area contributed by atoms with Crippen LogP contribution in [-0.2, 0) is 16.6 Å². The van der Waals surface area contributed by atoms with Gasteiger partial charge in [0.05, 0.1) is 6.61 Å². The first kappa shape index (κ1) is 26.2.